The number of piperidine rings is 1. The lowest BCUT2D eigenvalue weighted by molar-refractivity contribution is -0.126. The number of hydrogen-bond donors (Lipinski definition) is 0. The number of benzene rings is 1. The van der Waals surface area contributed by atoms with Gasteiger partial charge in [0.15, 0.2) is 5.78 Å². The van der Waals surface area contributed by atoms with Crippen LogP contribution in [0.15, 0.2) is 35.8 Å². The van der Waals surface area contributed by atoms with Gasteiger partial charge in [0, 0.05) is 29.8 Å². The smallest absolute Gasteiger partial charge is 0.212 e. The molecule has 0 spiro atoms. The third-order valence-corrected chi connectivity index (χ3v) is 5.77. The summed E-state index contributed by atoms with van der Waals surface area (Å²) >= 11 is 1.26. The van der Waals surface area contributed by atoms with Crippen molar-refractivity contribution in [2.75, 3.05) is 13.1 Å². The number of nitrogens with zero attached hydrogens (tertiary/aromatic N) is 1. The van der Waals surface area contributed by atoms with Crippen LogP contribution in [0.2, 0.25) is 0 Å². The summed E-state index contributed by atoms with van der Waals surface area (Å²) in [6.07, 6.45) is 3.64. The van der Waals surface area contributed by atoms with Crippen LogP contribution < -0.4 is 0 Å². The summed E-state index contributed by atoms with van der Waals surface area (Å²) in [6, 6.07) is -3.48. The molecule has 2 atom stereocenters. The van der Waals surface area contributed by atoms with Gasteiger partial charge in [0.1, 0.15) is 5.82 Å². The molecule has 2 aliphatic heterocycles. The fourth-order valence-corrected chi connectivity index (χ4v) is 4.31. The fraction of sp³-hybridized carbons (Fsp3) is 0.444. The number of hydrogen-bond acceptors (Lipinski definition) is 4. The molecule has 1 aromatic rings. The van der Waals surface area contributed by atoms with E-state index in [1.54, 1.807) is 11.0 Å². The average Bonchev–Trinajstić information content (AvgIpc) is 3.42. The lowest BCUT2D eigenvalue weighted by atomic mass is 9.94. The number of rotatable bonds is 4. The summed E-state index contributed by atoms with van der Waals surface area (Å²) in [5, 5.41) is 0.0644. The molecule has 1 saturated carbocycles. The Morgan fingerprint density at radius 2 is 2.13 bits per heavy atom. The lowest BCUT2D eigenvalue weighted by Gasteiger charge is -2.37. The SMILES string of the molecule is [2H]c1c([2H])c([2H])c(C(C(=O)C2CC2)N2CCC3SC(=O)C=C3C2)c(F)c1[2H]. The van der Waals surface area contributed by atoms with Gasteiger partial charge in [0.2, 0.25) is 5.12 Å². The van der Waals surface area contributed by atoms with E-state index >= 15 is 0 Å². The van der Waals surface area contributed by atoms with Crippen LogP contribution in [0.5, 0.6) is 0 Å². The molecule has 2 fully saturated rings. The zero-order valence-corrected chi connectivity index (χ0v) is 13.2. The van der Waals surface area contributed by atoms with Crippen molar-refractivity contribution in [3.8, 4) is 0 Å². The van der Waals surface area contributed by atoms with Crippen molar-refractivity contribution in [3.05, 3.63) is 47.2 Å². The first-order valence-corrected chi connectivity index (χ1v) is 8.62. The van der Waals surface area contributed by atoms with E-state index in [1.807, 2.05) is 0 Å². The van der Waals surface area contributed by atoms with Gasteiger partial charge in [-0.25, -0.2) is 4.39 Å². The molecule has 1 saturated heterocycles. The predicted octanol–water partition coefficient (Wildman–Crippen LogP) is 3.12. The van der Waals surface area contributed by atoms with Crippen molar-refractivity contribution in [2.24, 2.45) is 5.92 Å². The van der Waals surface area contributed by atoms with Crippen LogP contribution in [0.4, 0.5) is 4.39 Å². The Kier molecular flexibility index (Phi) is 2.85. The van der Waals surface area contributed by atoms with Gasteiger partial charge < -0.3 is 0 Å². The van der Waals surface area contributed by atoms with E-state index in [9.17, 15) is 14.0 Å². The molecule has 3 nitrogen and oxygen atoms in total. The van der Waals surface area contributed by atoms with Crippen molar-refractivity contribution in [1.82, 2.24) is 4.90 Å². The van der Waals surface area contributed by atoms with E-state index in [0.29, 0.717) is 19.5 Å². The van der Waals surface area contributed by atoms with Crippen LogP contribution in [0.25, 0.3) is 0 Å². The maximum Gasteiger partial charge on any atom is 0.212 e. The Labute approximate surface area is 144 Å². The van der Waals surface area contributed by atoms with Crippen molar-refractivity contribution in [1.29, 1.82) is 0 Å². The molecular formula is C18H18FNO2S. The number of ketones is 1. The first-order valence-electron chi connectivity index (χ1n) is 9.74. The minimum absolute atomic E-state index is 0.0188. The summed E-state index contributed by atoms with van der Waals surface area (Å²) in [5.74, 6) is -1.46. The topological polar surface area (TPSA) is 37.4 Å². The molecule has 0 N–H and O–H groups in total. The Bertz CT molecular complexity index is 858. The highest BCUT2D eigenvalue weighted by atomic mass is 32.2. The van der Waals surface area contributed by atoms with E-state index in [1.165, 1.54) is 11.8 Å². The number of carbonyl (C=O) groups is 2. The third-order valence-electron chi connectivity index (χ3n) is 4.60. The number of halogens is 1. The van der Waals surface area contributed by atoms with Gasteiger partial charge in [0.05, 0.1) is 11.5 Å². The number of Topliss-reactive ketones (excluding diaryl/α,β-unsaturated/α-hetero) is 1. The quantitative estimate of drug-likeness (QED) is 0.847. The Hall–Kier alpha value is -1.46. The lowest BCUT2D eigenvalue weighted by Crippen LogP contribution is -2.42. The van der Waals surface area contributed by atoms with Gasteiger partial charge in [-0.05, 0) is 37.0 Å². The number of fused-ring (bicyclic) bond motifs is 1. The third kappa shape index (κ3) is 2.88. The van der Waals surface area contributed by atoms with E-state index < -0.39 is 36.0 Å². The predicted molar refractivity (Wildman–Crippen MR) is 87.5 cm³/mol. The molecule has 0 radical (unpaired) electrons. The summed E-state index contributed by atoms with van der Waals surface area (Å²) in [5.41, 5.74) is 0.625. The van der Waals surface area contributed by atoms with E-state index in [2.05, 4.69) is 0 Å². The van der Waals surface area contributed by atoms with Crippen LogP contribution in [0.3, 0.4) is 0 Å². The van der Waals surface area contributed by atoms with Gasteiger partial charge in [0.25, 0.3) is 0 Å². The number of likely N-dealkylation sites (tertiary alicyclic amines) is 1. The van der Waals surface area contributed by atoms with Crippen LogP contribution in [0.1, 0.15) is 36.4 Å². The summed E-state index contributed by atoms with van der Waals surface area (Å²) in [6.45, 7) is 0.794. The largest absolute Gasteiger partial charge is 0.297 e. The van der Waals surface area contributed by atoms with Crippen molar-refractivity contribution < 1.29 is 19.5 Å². The molecule has 1 aromatic carbocycles. The molecule has 2 unspecified atom stereocenters. The fourth-order valence-electron chi connectivity index (χ4n) is 3.29. The minimum atomic E-state index is -1.06. The molecule has 3 aliphatic rings. The summed E-state index contributed by atoms with van der Waals surface area (Å²) in [7, 11) is 0. The first-order chi connectivity index (χ1) is 12.8. The normalized spacial score (nSPS) is 28.3. The molecule has 4 rings (SSSR count). The minimum Gasteiger partial charge on any atom is -0.297 e. The molecule has 120 valence electrons. The molecule has 1 aliphatic carbocycles. The van der Waals surface area contributed by atoms with Crippen LogP contribution in [-0.2, 0) is 9.59 Å². The molecule has 0 bridgehead atoms. The van der Waals surface area contributed by atoms with Gasteiger partial charge >= 0.3 is 0 Å². The monoisotopic (exact) mass is 335 g/mol. The second kappa shape index (κ2) is 5.87. The van der Waals surface area contributed by atoms with Crippen molar-refractivity contribution in [2.45, 2.75) is 30.6 Å². The number of carbonyl (C=O) groups excluding carboxylic acids is 2. The molecule has 0 amide bonds. The summed E-state index contributed by atoms with van der Waals surface area (Å²) < 4.78 is 46.4. The van der Waals surface area contributed by atoms with Gasteiger partial charge in [-0.2, -0.15) is 0 Å². The van der Waals surface area contributed by atoms with Crippen LogP contribution >= 0.6 is 11.8 Å². The Morgan fingerprint density at radius 3 is 2.91 bits per heavy atom. The maximum atomic E-state index is 14.9. The molecule has 23 heavy (non-hydrogen) atoms. The van der Waals surface area contributed by atoms with Crippen molar-refractivity contribution >= 4 is 22.7 Å². The Balaban J connectivity index is 1.79. The maximum absolute atomic E-state index is 14.9. The highest BCUT2D eigenvalue weighted by molar-refractivity contribution is 8.15. The molecule has 5 heteroatoms. The van der Waals surface area contributed by atoms with Crippen molar-refractivity contribution in [3.63, 3.8) is 0 Å². The first kappa shape index (κ1) is 11.2. The molecular weight excluding hydrogens is 313 g/mol. The van der Waals surface area contributed by atoms with E-state index in [-0.39, 0.29) is 27.6 Å². The molecule has 2 heterocycles. The number of thioether (sulfide) groups is 1. The molecule has 0 aromatic heterocycles. The highest BCUT2D eigenvalue weighted by Crippen LogP contribution is 2.41. The van der Waals surface area contributed by atoms with Gasteiger partial charge in [-0.3, -0.25) is 14.5 Å². The zero-order chi connectivity index (χ0) is 19.5. The van der Waals surface area contributed by atoms with Crippen LogP contribution in [-0.4, -0.2) is 34.1 Å². The van der Waals surface area contributed by atoms with Gasteiger partial charge in [-0.15, -0.1) is 0 Å². The van der Waals surface area contributed by atoms with E-state index in [4.69, 9.17) is 5.48 Å². The van der Waals surface area contributed by atoms with E-state index in [0.717, 1.165) is 18.4 Å². The van der Waals surface area contributed by atoms with Gasteiger partial charge in [-0.1, -0.05) is 29.9 Å². The Morgan fingerprint density at radius 1 is 1.35 bits per heavy atom. The highest BCUT2D eigenvalue weighted by Gasteiger charge is 2.42. The second-order valence-corrected chi connectivity index (χ2v) is 7.42. The standard InChI is InChI=1S/C18H18FNO2S/c19-14-4-2-1-3-13(14)17(18(22)11-5-6-11)20-8-7-15-12(10-20)9-16(21)23-15/h1-4,9,11,15,17H,5-8,10H2/i1D,2D,3D,4D. The second-order valence-electron chi connectivity index (χ2n) is 6.21. The summed E-state index contributed by atoms with van der Waals surface area (Å²) in [4.78, 5) is 26.5. The van der Waals surface area contributed by atoms with Crippen LogP contribution in [0, 0.1) is 11.7 Å². The average molecular weight is 335 g/mol. The zero-order valence-electron chi connectivity index (χ0n) is 16.4.